The van der Waals surface area contributed by atoms with Crippen molar-refractivity contribution < 1.29 is 9.59 Å². The van der Waals surface area contributed by atoms with Crippen LogP contribution in [-0.4, -0.2) is 23.3 Å². The van der Waals surface area contributed by atoms with E-state index in [1.807, 2.05) is 19.1 Å². The van der Waals surface area contributed by atoms with Crippen LogP contribution in [0.3, 0.4) is 0 Å². The maximum atomic E-state index is 12.0. The van der Waals surface area contributed by atoms with Gasteiger partial charge in [0.25, 0.3) is 11.8 Å². The van der Waals surface area contributed by atoms with E-state index in [9.17, 15) is 9.59 Å². The van der Waals surface area contributed by atoms with Crippen molar-refractivity contribution in [3.8, 4) is 0 Å². The van der Waals surface area contributed by atoms with E-state index in [1.54, 1.807) is 24.3 Å². The number of hydrogen-bond acceptors (Lipinski definition) is 2. The first-order valence-corrected chi connectivity index (χ1v) is 5.82. The molecule has 88 valence electrons. The van der Waals surface area contributed by atoms with Crippen LogP contribution in [0.5, 0.6) is 0 Å². The molecular weight excluding hydrogens is 214 g/mol. The summed E-state index contributed by atoms with van der Waals surface area (Å²) in [5.41, 5.74) is 1.06. The second kappa shape index (κ2) is 4.95. The minimum absolute atomic E-state index is 0.161. The Morgan fingerprint density at radius 1 is 1.12 bits per heavy atom. The first-order chi connectivity index (χ1) is 8.25. The minimum atomic E-state index is -0.161. The molecular formula is C14H15NO2. The lowest BCUT2D eigenvalue weighted by Gasteiger charge is -2.12. The van der Waals surface area contributed by atoms with Gasteiger partial charge in [-0.05, 0) is 31.9 Å². The third-order valence-corrected chi connectivity index (χ3v) is 2.87. The van der Waals surface area contributed by atoms with Gasteiger partial charge in [0.15, 0.2) is 0 Å². The van der Waals surface area contributed by atoms with E-state index in [-0.39, 0.29) is 11.8 Å². The zero-order chi connectivity index (χ0) is 12.3. The number of rotatable bonds is 4. The molecule has 1 aliphatic heterocycles. The molecule has 1 aromatic carbocycles. The third kappa shape index (κ3) is 2.13. The third-order valence-electron chi connectivity index (χ3n) is 2.87. The molecule has 2 amide bonds. The molecule has 0 N–H and O–H groups in total. The predicted octanol–water partition coefficient (Wildman–Crippen LogP) is 2.64. The molecule has 0 saturated heterocycles. The van der Waals surface area contributed by atoms with Crippen LogP contribution >= 0.6 is 0 Å². The fourth-order valence-electron chi connectivity index (χ4n) is 1.98. The summed E-state index contributed by atoms with van der Waals surface area (Å²) in [6.07, 6.45) is 5.72. The molecule has 0 saturated carbocycles. The van der Waals surface area contributed by atoms with Crippen molar-refractivity contribution >= 4 is 11.8 Å². The van der Waals surface area contributed by atoms with Gasteiger partial charge in [-0.15, -0.1) is 0 Å². The normalized spacial score (nSPS) is 14.8. The number of imide groups is 1. The molecule has 1 aliphatic rings. The molecule has 0 fully saturated rings. The van der Waals surface area contributed by atoms with Crippen molar-refractivity contribution in [2.75, 3.05) is 6.54 Å². The summed E-state index contributed by atoms with van der Waals surface area (Å²) >= 11 is 0. The van der Waals surface area contributed by atoms with Crippen molar-refractivity contribution in [2.24, 2.45) is 0 Å². The summed E-state index contributed by atoms with van der Waals surface area (Å²) in [5.74, 6) is -0.322. The first-order valence-electron chi connectivity index (χ1n) is 5.82. The van der Waals surface area contributed by atoms with Crippen LogP contribution in [0, 0.1) is 0 Å². The highest BCUT2D eigenvalue weighted by molar-refractivity contribution is 6.21. The van der Waals surface area contributed by atoms with Gasteiger partial charge in [-0.3, -0.25) is 14.5 Å². The Balaban J connectivity index is 2.08. The van der Waals surface area contributed by atoms with Gasteiger partial charge in [-0.25, -0.2) is 0 Å². The van der Waals surface area contributed by atoms with Crippen LogP contribution in [0.25, 0.3) is 0 Å². The van der Waals surface area contributed by atoms with Crippen molar-refractivity contribution in [1.82, 2.24) is 4.90 Å². The van der Waals surface area contributed by atoms with Gasteiger partial charge in [0.1, 0.15) is 0 Å². The number of fused-ring (bicyclic) bond motifs is 1. The molecule has 0 unspecified atom stereocenters. The van der Waals surface area contributed by atoms with Crippen molar-refractivity contribution in [2.45, 2.75) is 19.8 Å². The van der Waals surface area contributed by atoms with Gasteiger partial charge < -0.3 is 0 Å². The summed E-state index contributed by atoms with van der Waals surface area (Å²) in [5, 5.41) is 0. The number of carbonyl (C=O) groups excluding carboxylic acids is 2. The number of benzene rings is 1. The SMILES string of the molecule is C/C=C/CCCN1C(=O)c2ccccc2C1=O. The van der Waals surface area contributed by atoms with Crippen LogP contribution < -0.4 is 0 Å². The Kier molecular flexibility index (Phi) is 3.38. The average Bonchev–Trinajstić information content (AvgIpc) is 2.60. The van der Waals surface area contributed by atoms with E-state index in [4.69, 9.17) is 0 Å². The summed E-state index contributed by atoms with van der Waals surface area (Å²) in [7, 11) is 0. The van der Waals surface area contributed by atoms with Gasteiger partial charge in [0.2, 0.25) is 0 Å². The number of hydrogen-bond donors (Lipinski definition) is 0. The maximum absolute atomic E-state index is 12.0. The lowest BCUT2D eigenvalue weighted by atomic mass is 10.1. The van der Waals surface area contributed by atoms with Crippen LogP contribution in [0.15, 0.2) is 36.4 Å². The Morgan fingerprint density at radius 3 is 2.24 bits per heavy atom. The standard InChI is InChI=1S/C14H15NO2/c1-2-3-4-7-10-15-13(16)11-8-5-6-9-12(11)14(15)17/h2-3,5-6,8-9H,4,7,10H2,1H3/b3-2+. The molecule has 3 heteroatoms. The molecule has 2 rings (SSSR count). The number of amides is 2. The molecule has 0 spiro atoms. The molecule has 0 aliphatic carbocycles. The highest BCUT2D eigenvalue weighted by Crippen LogP contribution is 2.22. The van der Waals surface area contributed by atoms with E-state index in [1.165, 1.54) is 4.90 Å². The molecule has 1 heterocycles. The summed E-state index contributed by atoms with van der Waals surface area (Å²) in [6.45, 7) is 2.46. The average molecular weight is 229 g/mol. The van der Waals surface area contributed by atoms with E-state index >= 15 is 0 Å². The first kappa shape index (κ1) is 11.6. The van der Waals surface area contributed by atoms with Gasteiger partial charge in [-0.2, -0.15) is 0 Å². The van der Waals surface area contributed by atoms with Crippen LogP contribution in [-0.2, 0) is 0 Å². The maximum Gasteiger partial charge on any atom is 0.261 e. The van der Waals surface area contributed by atoms with Gasteiger partial charge in [0, 0.05) is 6.54 Å². The Morgan fingerprint density at radius 2 is 1.71 bits per heavy atom. The fraction of sp³-hybridized carbons (Fsp3) is 0.286. The number of nitrogens with zero attached hydrogens (tertiary/aromatic N) is 1. The monoisotopic (exact) mass is 229 g/mol. The van der Waals surface area contributed by atoms with Gasteiger partial charge in [-0.1, -0.05) is 24.3 Å². The van der Waals surface area contributed by atoms with Gasteiger partial charge in [0.05, 0.1) is 11.1 Å². The fourth-order valence-corrected chi connectivity index (χ4v) is 1.98. The van der Waals surface area contributed by atoms with Crippen molar-refractivity contribution in [3.63, 3.8) is 0 Å². The van der Waals surface area contributed by atoms with Gasteiger partial charge >= 0.3 is 0 Å². The zero-order valence-corrected chi connectivity index (χ0v) is 9.85. The van der Waals surface area contributed by atoms with Crippen molar-refractivity contribution in [3.05, 3.63) is 47.5 Å². The molecule has 0 atom stereocenters. The molecule has 0 bridgehead atoms. The van der Waals surface area contributed by atoms with E-state index < -0.39 is 0 Å². The summed E-state index contributed by atoms with van der Waals surface area (Å²) in [6, 6.07) is 6.99. The second-order valence-corrected chi connectivity index (χ2v) is 4.02. The predicted molar refractivity (Wildman–Crippen MR) is 65.9 cm³/mol. The lowest BCUT2D eigenvalue weighted by molar-refractivity contribution is 0.0653. The Hall–Kier alpha value is -1.90. The highest BCUT2D eigenvalue weighted by Gasteiger charge is 2.34. The lowest BCUT2D eigenvalue weighted by Crippen LogP contribution is -2.30. The van der Waals surface area contributed by atoms with Crippen molar-refractivity contribution in [1.29, 1.82) is 0 Å². The number of carbonyl (C=O) groups is 2. The largest absolute Gasteiger partial charge is 0.274 e. The molecule has 1 aromatic rings. The molecule has 0 aromatic heterocycles. The van der Waals surface area contributed by atoms with E-state index in [2.05, 4.69) is 0 Å². The Labute approximate surface area is 101 Å². The van der Waals surface area contributed by atoms with Crippen LogP contribution in [0.1, 0.15) is 40.5 Å². The van der Waals surface area contributed by atoms with Crippen LogP contribution in [0.2, 0.25) is 0 Å². The summed E-state index contributed by atoms with van der Waals surface area (Å²) < 4.78 is 0. The van der Waals surface area contributed by atoms with Crippen LogP contribution in [0.4, 0.5) is 0 Å². The molecule has 17 heavy (non-hydrogen) atoms. The topological polar surface area (TPSA) is 37.4 Å². The number of allylic oxidation sites excluding steroid dienone is 2. The molecule has 3 nitrogen and oxygen atoms in total. The van der Waals surface area contributed by atoms with E-state index in [0.717, 1.165) is 12.8 Å². The zero-order valence-electron chi connectivity index (χ0n) is 9.85. The minimum Gasteiger partial charge on any atom is -0.274 e. The number of unbranched alkanes of at least 4 members (excludes halogenated alkanes) is 1. The molecule has 0 radical (unpaired) electrons. The highest BCUT2D eigenvalue weighted by atomic mass is 16.2. The summed E-state index contributed by atoms with van der Waals surface area (Å²) in [4.78, 5) is 25.3. The quantitative estimate of drug-likeness (QED) is 0.452. The second-order valence-electron chi connectivity index (χ2n) is 4.02. The smallest absolute Gasteiger partial charge is 0.261 e. The Bertz CT molecular complexity index is 442. The van der Waals surface area contributed by atoms with E-state index in [0.29, 0.717) is 17.7 Å².